The summed E-state index contributed by atoms with van der Waals surface area (Å²) in [7, 11) is 0. The van der Waals surface area contributed by atoms with Gasteiger partial charge in [-0.1, -0.05) is 23.2 Å². The molecular weight excluding hydrogens is 325 g/mol. The van der Waals surface area contributed by atoms with E-state index in [2.05, 4.69) is 20.4 Å². The predicted octanol–water partition coefficient (Wildman–Crippen LogP) is 3.22. The number of carbonyl (C=O) groups excluding carboxylic acids is 1. The van der Waals surface area contributed by atoms with E-state index in [0.29, 0.717) is 11.3 Å². The first-order valence-corrected chi connectivity index (χ1v) is 6.96. The Balaban J connectivity index is 1.75. The molecule has 1 N–H and O–H groups in total. The Morgan fingerprint density at radius 2 is 1.95 bits per heavy atom. The van der Waals surface area contributed by atoms with Crippen LogP contribution in [0, 0.1) is 0 Å². The highest BCUT2D eigenvalue weighted by Crippen LogP contribution is 2.20. The summed E-state index contributed by atoms with van der Waals surface area (Å²) in [5, 5.41) is 7.17. The molecule has 0 bridgehead atoms. The standard InChI is InChI=1S/C14H9Cl2N5O/c15-12-5-9(6-18-13(12)16)14(22)20-10-1-3-11(4-2-10)21-8-17-7-19-21/h1-8H,(H,20,22). The van der Waals surface area contributed by atoms with E-state index in [1.54, 1.807) is 23.1 Å². The first kappa shape index (κ1) is 14.5. The third kappa shape index (κ3) is 3.08. The zero-order valence-corrected chi connectivity index (χ0v) is 12.6. The number of hydrogen-bond donors (Lipinski definition) is 1. The van der Waals surface area contributed by atoms with Crippen LogP contribution in [0.5, 0.6) is 0 Å². The summed E-state index contributed by atoms with van der Waals surface area (Å²) in [5.74, 6) is -0.320. The number of nitrogens with one attached hydrogen (secondary N) is 1. The number of carbonyl (C=O) groups is 1. The van der Waals surface area contributed by atoms with Crippen molar-refractivity contribution in [1.82, 2.24) is 19.7 Å². The van der Waals surface area contributed by atoms with Gasteiger partial charge in [0.05, 0.1) is 16.3 Å². The molecule has 0 spiro atoms. The normalized spacial score (nSPS) is 10.5. The van der Waals surface area contributed by atoms with Gasteiger partial charge in [-0.3, -0.25) is 4.79 Å². The summed E-state index contributed by atoms with van der Waals surface area (Å²) in [4.78, 5) is 19.8. The molecule has 0 aliphatic rings. The zero-order chi connectivity index (χ0) is 15.5. The lowest BCUT2D eigenvalue weighted by atomic mass is 10.2. The fraction of sp³-hybridized carbons (Fsp3) is 0. The van der Waals surface area contributed by atoms with Crippen molar-refractivity contribution < 1.29 is 4.79 Å². The van der Waals surface area contributed by atoms with Gasteiger partial charge in [0.25, 0.3) is 5.91 Å². The van der Waals surface area contributed by atoms with Crippen molar-refractivity contribution in [2.24, 2.45) is 0 Å². The minimum absolute atomic E-state index is 0.162. The largest absolute Gasteiger partial charge is 0.322 e. The predicted molar refractivity (Wildman–Crippen MR) is 83.6 cm³/mol. The highest BCUT2D eigenvalue weighted by Gasteiger charge is 2.09. The number of hydrogen-bond acceptors (Lipinski definition) is 4. The zero-order valence-electron chi connectivity index (χ0n) is 11.1. The SMILES string of the molecule is O=C(Nc1ccc(-n2cncn2)cc1)c1cnc(Cl)c(Cl)c1. The Morgan fingerprint density at radius 3 is 2.59 bits per heavy atom. The average molecular weight is 334 g/mol. The van der Waals surface area contributed by atoms with Crippen molar-refractivity contribution >= 4 is 34.8 Å². The molecule has 8 heteroatoms. The van der Waals surface area contributed by atoms with Gasteiger partial charge in [0.1, 0.15) is 17.8 Å². The molecule has 0 radical (unpaired) electrons. The van der Waals surface area contributed by atoms with Crippen molar-refractivity contribution in [3.05, 3.63) is 64.9 Å². The highest BCUT2D eigenvalue weighted by molar-refractivity contribution is 6.41. The van der Waals surface area contributed by atoms with Gasteiger partial charge in [0.2, 0.25) is 0 Å². The molecule has 0 fully saturated rings. The molecule has 3 aromatic rings. The maximum atomic E-state index is 12.1. The molecule has 1 aromatic carbocycles. The van der Waals surface area contributed by atoms with Crippen molar-refractivity contribution in [2.75, 3.05) is 5.32 Å². The topological polar surface area (TPSA) is 72.7 Å². The minimum atomic E-state index is -0.320. The second kappa shape index (κ2) is 6.13. The van der Waals surface area contributed by atoms with E-state index >= 15 is 0 Å². The summed E-state index contributed by atoms with van der Waals surface area (Å²) < 4.78 is 1.62. The maximum absolute atomic E-state index is 12.1. The van der Waals surface area contributed by atoms with Crippen LogP contribution in [0.25, 0.3) is 5.69 Å². The minimum Gasteiger partial charge on any atom is -0.322 e. The number of pyridine rings is 1. The molecule has 0 unspecified atom stereocenters. The van der Waals surface area contributed by atoms with E-state index in [1.807, 2.05) is 12.1 Å². The smallest absolute Gasteiger partial charge is 0.257 e. The van der Waals surface area contributed by atoms with E-state index in [0.717, 1.165) is 5.69 Å². The van der Waals surface area contributed by atoms with Crippen LogP contribution in [-0.4, -0.2) is 25.7 Å². The Bertz CT molecular complexity index is 803. The van der Waals surface area contributed by atoms with Gasteiger partial charge in [-0.05, 0) is 30.3 Å². The van der Waals surface area contributed by atoms with E-state index < -0.39 is 0 Å². The van der Waals surface area contributed by atoms with Gasteiger partial charge in [-0.2, -0.15) is 5.10 Å². The van der Waals surface area contributed by atoms with Crippen LogP contribution in [0.15, 0.2) is 49.2 Å². The summed E-state index contributed by atoms with van der Waals surface area (Å²) >= 11 is 11.6. The van der Waals surface area contributed by atoms with Crippen molar-refractivity contribution in [3.8, 4) is 5.69 Å². The quantitative estimate of drug-likeness (QED) is 0.747. The summed E-state index contributed by atoms with van der Waals surface area (Å²) in [6.07, 6.45) is 4.41. The van der Waals surface area contributed by atoms with Gasteiger partial charge in [0.15, 0.2) is 0 Å². The number of halogens is 2. The monoisotopic (exact) mass is 333 g/mol. The third-order valence-electron chi connectivity index (χ3n) is 2.87. The van der Waals surface area contributed by atoms with Gasteiger partial charge >= 0.3 is 0 Å². The van der Waals surface area contributed by atoms with E-state index in [1.165, 1.54) is 18.6 Å². The maximum Gasteiger partial charge on any atom is 0.257 e. The van der Waals surface area contributed by atoms with Crippen LogP contribution in [-0.2, 0) is 0 Å². The molecule has 0 atom stereocenters. The molecule has 3 rings (SSSR count). The molecule has 22 heavy (non-hydrogen) atoms. The van der Waals surface area contributed by atoms with E-state index in [4.69, 9.17) is 23.2 Å². The molecule has 0 saturated heterocycles. The van der Waals surface area contributed by atoms with E-state index in [-0.39, 0.29) is 16.1 Å². The van der Waals surface area contributed by atoms with Crippen molar-refractivity contribution in [1.29, 1.82) is 0 Å². The lowest BCUT2D eigenvalue weighted by Crippen LogP contribution is -2.12. The Kier molecular flexibility index (Phi) is 4.04. The second-order valence-corrected chi connectivity index (χ2v) is 5.10. The third-order valence-corrected chi connectivity index (χ3v) is 3.55. The summed E-state index contributed by atoms with van der Waals surface area (Å²) in [6, 6.07) is 8.63. The van der Waals surface area contributed by atoms with Crippen molar-refractivity contribution in [3.63, 3.8) is 0 Å². The Labute approximate surface area is 135 Å². The van der Waals surface area contributed by atoms with Gasteiger partial charge in [0, 0.05) is 11.9 Å². The Morgan fingerprint density at radius 1 is 1.18 bits per heavy atom. The average Bonchev–Trinajstić information content (AvgIpc) is 3.05. The van der Waals surface area contributed by atoms with Crippen LogP contribution in [0.3, 0.4) is 0 Å². The second-order valence-electron chi connectivity index (χ2n) is 4.34. The summed E-state index contributed by atoms with van der Waals surface area (Å²) in [5.41, 5.74) is 1.81. The lowest BCUT2D eigenvalue weighted by molar-refractivity contribution is 0.102. The lowest BCUT2D eigenvalue weighted by Gasteiger charge is -2.07. The molecular formula is C14H9Cl2N5O. The Hall–Kier alpha value is -2.44. The van der Waals surface area contributed by atoms with Crippen LogP contribution in [0.1, 0.15) is 10.4 Å². The number of nitrogens with zero attached hydrogens (tertiary/aromatic N) is 4. The molecule has 6 nitrogen and oxygen atoms in total. The van der Waals surface area contributed by atoms with Gasteiger partial charge < -0.3 is 5.32 Å². The number of anilines is 1. The van der Waals surface area contributed by atoms with Crippen LogP contribution >= 0.6 is 23.2 Å². The molecule has 1 amide bonds. The van der Waals surface area contributed by atoms with E-state index in [9.17, 15) is 4.79 Å². The number of rotatable bonds is 3. The van der Waals surface area contributed by atoms with Crippen LogP contribution in [0.4, 0.5) is 5.69 Å². The fourth-order valence-corrected chi connectivity index (χ4v) is 2.06. The van der Waals surface area contributed by atoms with Gasteiger partial charge in [-0.15, -0.1) is 0 Å². The molecule has 2 aromatic heterocycles. The van der Waals surface area contributed by atoms with Crippen LogP contribution < -0.4 is 5.32 Å². The molecule has 0 saturated carbocycles. The first-order valence-electron chi connectivity index (χ1n) is 6.21. The number of aromatic nitrogens is 4. The number of benzene rings is 1. The highest BCUT2D eigenvalue weighted by atomic mass is 35.5. The first-order chi connectivity index (χ1) is 10.6. The molecule has 2 heterocycles. The molecule has 110 valence electrons. The van der Waals surface area contributed by atoms with Crippen LogP contribution in [0.2, 0.25) is 10.2 Å². The number of amides is 1. The molecule has 0 aliphatic heterocycles. The summed E-state index contributed by atoms with van der Waals surface area (Å²) in [6.45, 7) is 0. The fourth-order valence-electron chi connectivity index (χ4n) is 1.79. The van der Waals surface area contributed by atoms with Crippen molar-refractivity contribution in [2.45, 2.75) is 0 Å². The molecule has 0 aliphatic carbocycles. The van der Waals surface area contributed by atoms with Gasteiger partial charge in [-0.25, -0.2) is 14.6 Å².